The van der Waals surface area contributed by atoms with Crippen molar-refractivity contribution in [1.29, 1.82) is 0 Å². The van der Waals surface area contributed by atoms with Crippen molar-refractivity contribution in [1.82, 2.24) is 9.78 Å². The molecule has 0 aliphatic heterocycles. The summed E-state index contributed by atoms with van der Waals surface area (Å²) in [6.07, 6.45) is 0. The average Bonchev–Trinajstić information content (AvgIpc) is 2.86. The summed E-state index contributed by atoms with van der Waals surface area (Å²) in [7, 11) is 0. The Hall–Kier alpha value is -2.37. The van der Waals surface area contributed by atoms with Crippen LogP contribution in [0.25, 0.3) is 0 Å². The first-order chi connectivity index (χ1) is 12.5. The zero-order chi connectivity index (χ0) is 18.7. The van der Waals surface area contributed by atoms with Gasteiger partial charge < -0.3 is 10.6 Å². The van der Waals surface area contributed by atoms with Crippen LogP contribution in [0.4, 0.5) is 11.4 Å². The van der Waals surface area contributed by atoms with E-state index in [-0.39, 0.29) is 0 Å². The van der Waals surface area contributed by atoms with Crippen LogP contribution < -0.4 is 10.6 Å². The quantitative estimate of drug-likeness (QED) is 0.597. The van der Waals surface area contributed by atoms with E-state index in [1.54, 1.807) is 0 Å². The Morgan fingerprint density at radius 3 is 2.46 bits per heavy atom. The molecule has 0 amide bonds. The SMILES string of the molecule is Cc1ccccc1NC(=S)Nc1c(C)nn(Cc2ccccc2Cl)c1C. The lowest BCUT2D eigenvalue weighted by molar-refractivity contribution is 0.659. The molecular weight excluding hydrogens is 364 g/mol. The minimum Gasteiger partial charge on any atom is -0.332 e. The lowest BCUT2D eigenvalue weighted by atomic mass is 10.2. The maximum Gasteiger partial charge on any atom is 0.175 e. The van der Waals surface area contributed by atoms with Gasteiger partial charge in [-0.05, 0) is 56.2 Å². The van der Waals surface area contributed by atoms with E-state index in [1.165, 1.54) is 0 Å². The van der Waals surface area contributed by atoms with Crippen molar-refractivity contribution in [2.75, 3.05) is 10.6 Å². The van der Waals surface area contributed by atoms with Crippen molar-refractivity contribution in [2.45, 2.75) is 27.3 Å². The molecule has 0 aliphatic carbocycles. The largest absolute Gasteiger partial charge is 0.332 e. The van der Waals surface area contributed by atoms with Crippen LogP contribution in [0.15, 0.2) is 48.5 Å². The van der Waals surface area contributed by atoms with Gasteiger partial charge in [-0.1, -0.05) is 48.0 Å². The second-order valence-electron chi connectivity index (χ2n) is 6.19. The maximum absolute atomic E-state index is 6.27. The highest BCUT2D eigenvalue weighted by molar-refractivity contribution is 7.80. The number of hydrogen-bond acceptors (Lipinski definition) is 2. The molecule has 1 aromatic heterocycles. The molecule has 2 N–H and O–H groups in total. The Kier molecular flexibility index (Phi) is 5.59. The van der Waals surface area contributed by atoms with Crippen molar-refractivity contribution in [3.8, 4) is 0 Å². The van der Waals surface area contributed by atoms with Crippen LogP contribution in [0.5, 0.6) is 0 Å². The third-order valence-electron chi connectivity index (χ3n) is 4.29. The monoisotopic (exact) mass is 384 g/mol. The van der Waals surface area contributed by atoms with Crippen molar-refractivity contribution in [3.63, 3.8) is 0 Å². The van der Waals surface area contributed by atoms with E-state index in [0.717, 1.165) is 38.9 Å². The summed E-state index contributed by atoms with van der Waals surface area (Å²) in [6.45, 7) is 6.65. The van der Waals surface area contributed by atoms with Gasteiger partial charge >= 0.3 is 0 Å². The van der Waals surface area contributed by atoms with Crippen LogP contribution in [-0.2, 0) is 6.54 Å². The van der Waals surface area contributed by atoms with Gasteiger partial charge in [0.1, 0.15) is 0 Å². The summed E-state index contributed by atoms with van der Waals surface area (Å²) in [6, 6.07) is 15.8. The zero-order valence-corrected chi connectivity index (χ0v) is 16.6. The summed E-state index contributed by atoms with van der Waals surface area (Å²) in [5.41, 5.74) is 5.98. The number of halogens is 1. The first-order valence-corrected chi connectivity index (χ1v) is 9.15. The molecule has 0 saturated heterocycles. The number of aryl methyl sites for hydroxylation is 2. The van der Waals surface area contributed by atoms with E-state index in [9.17, 15) is 0 Å². The van der Waals surface area contributed by atoms with Crippen LogP contribution in [-0.4, -0.2) is 14.9 Å². The molecule has 0 fully saturated rings. The molecule has 3 rings (SSSR count). The standard InChI is InChI=1S/C20H21ClN4S/c1-13-8-4-7-11-18(13)22-20(26)23-19-14(2)24-25(15(19)3)12-16-9-5-6-10-17(16)21/h4-11H,12H2,1-3H3,(H2,22,23,26). The summed E-state index contributed by atoms with van der Waals surface area (Å²) < 4.78 is 1.94. The Morgan fingerprint density at radius 2 is 1.73 bits per heavy atom. The lowest BCUT2D eigenvalue weighted by Crippen LogP contribution is -2.20. The third kappa shape index (κ3) is 4.06. The van der Waals surface area contributed by atoms with E-state index >= 15 is 0 Å². The summed E-state index contributed by atoms with van der Waals surface area (Å²) in [4.78, 5) is 0. The highest BCUT2D eigenvalue weighted by Crippen LogP contribution is 2.23. The fourth-order valence-corrected chi connectivity index (χ4v) is 3.21. The minimum atomic E-state index is 0.544. The van der Waals surface area contributed by atoms with Crippen LogP contribution >= 0.6 is 23.8 Å². The Labute approximate surface area is 164 Å². The van der Waals surface area contributed by atoms with Crippen LogP contribution in [0.3, 0.4) is 0 Å². The van der Waals surface area contributed by atoms with Crippen LogP contribution in [0.2, 0.25) is 5.02 Å². The molecule has 1 heterocycles. The Balaban J connectivity index is 1.77. The number of para-hydroxylation sites is 1. The van der Waals surface area contributed by atoms with Gasteiger partial charge in [-0.25, -0.2) is 0 Å². The molecule has 134 valence electrons. The Bertz CT molecular complexity index is 949. The lowest BCUT2D eigenvalue weighted by Gasteiger charge is -2.13. The molecule has 0 unspecified atom stereocenters. The summed E-state index contributed by atoms with van der Waals surface area (Å²) in [5, 5.41) is 12.4. The summed E-state index contributed by atoms with van der Waals surface area (Å²) >= 11 is 11.8. The predicted molar refractivity (Wildman–Crippen MR) is 113 cm³/mol. The zero-order valence-electron chi connectivity index (χ0n) is 15.0. The molecule has 0 bridgehead atoms. The van der Waals surface area contributed by atoms with Gasteiger partial charge in [0, 0.05) is 10.7 Å². The molecule has 0 atom stereocenters. The highest BCUT2D eigenvalue weighted by Gasteiger charge is 2.14. The predicted octanol–water partition coefficient (Wildman–Crippen LogP) is 5.32. The van der Waals surface area contributed by atoms with Crippen LogP contribution in [0, 0.1) is 20.8 Å². The normalized spacial score (nSPS) is 10.6. The second-order valence-corrected chi connectivity index (χ2v) is 7.00. The first kappa shape index (κ1) is 18.4. The molecular formula is C20H21ClN4S. The maximum atomic E-state index is 6.27. The number of benzene rings is 2. The van der Waals surface area contributed by atoms with Crippen molar-refractivity contribution < 1.29 is 0 Å². The minimum absolute atomic E-state index is 0.544. The van der Waals surface area contributed by atoms with Crippen molar-refractivity contribution in [3.05, 3.63) is 76.1 Å². The van der Waals surface area contributed by atoms with Gasteiger partial charge in [0.05, 0.1) is 23.6 Å². The van der Waals surface area contributed by atoms with Gasteiger partial charge in [-0.15, -0.1) is 0 Å². The molecule has 0 radical (unpaired) electrons. The van der Waals surface area contributed by atoms with E-state index in [0.29, 0.717) is 11.7 Å². The Morgan fingerprint density at radius 1 is 1.04 bits per heavy atom. The number of nitrogens with one attached hydrogen (secondary N) is 2. The van der Waals surface area contributed by atoms with E-state index < -0.39 is 0 Å². The fraction of sp³-hybridized carbons (Fsp3) is 0.200. The number of anilines is 2. The topological polar surface area (TPSA) is 41.9 Å². The highest BCUT2D eigenvalue weighted by atomic mass is 35.5. The molecule has 26 heavy (non-hydrogen) atoms. The van der Waals surface area contributed by atoms with E-state index in [1.807, 2.05) is 74.0 Å². The molecule has 3 aromatic rings. The molecule has 0 spiro atoms. The van der Waals surface area contributed by atoms with Crippen molar-refractivity contribution in [2.24, 2.45) is 0 Å². The van der Waals surface area contributed by atoms with Gasteiger partial charge in [0.2, 0.25) is 0 Å². The van der Waals surface area contributed by atoms with Crippen LogP contribution in [0.1, 0.15) is 22.5 Å². The number of thiocarbonyl (C=S) groups is 1. The third-order valence-corrected chi connectivity index (χ3v) is 4.86. The van der Waals surface area contributed by atoms with E-state index in [2.05, 4.69) is 15.7 Å². The molecule has 6 heteroatoms. The van der Waals surface area contributed by atoms with Gasteiger partial charge in [-0.2, -0.15) is 5.10 Å². The number of hydrogen-bond donors (Lipinski definition) is 2. The smallest absolute Gasteiger partial charge is 0.175 e. The average molecular weight is 385 g/mol. The molecule has 0 aliphatic rings. The number of aromatic nitrogens is 2. The van der Waals surface area contributed by atoms with Gasteiger partial charge in [0.15, 0.2) is 5.11 Å². The fourth-order valence-electron chi connectivity index (χ4n) is 2.80. The van der Waals surface area contributed by atoms with Crippen molar-refractivity contribution >= 4 is 40.3 Å². The van der Waals surface area contributed by atoms with E-state index in [4.69, 9.17) is 23.8 Å². The van der Waals surface area contributed by atoms with Gasteiger partial charge in [0.25, 0.3) is 0 Å². The molecule has 4 nitrogen and oxygen atoms in total. The number of nitrogens with zero attached hydrogens (tertiary/aromatic N) is 2. The molecule has 2 aromatic carbocycles. The second kappa shape index (κ2) is 7.89. The van der Waals surface area contributed by atoms with Gasteiger partial charge in [-0.3, -0.25) is 4.68 Å². The summed E-state index contributed by atoms with van der Waals surface area (Å²) in [5.74, 6) is 0. The number of rotatable bonds is 4. The molecule has 0 saturated carbocycles. The first-order valence-electron chi connectivity index (χ1n) is 8.36.